The minimum absolute atomic E-state index is 0. The van der Waals surface area contributed by atoms with Crippen molar-refractivity contribution in [2.45, 2.75) is 19.3 Å². The van der Waals surface area contributed by atoms with Crippen LogP contribution in [0.2, 0.25) is 0 Å². The van der Waals surface area contributed by atoms with Gasteiger partial charge in [-0.2, -0.15) is 0 Å². The fourth-order valence-electron chi connectivity index (χ4n) is 4.15. The number of carbonyl (C=O) groups excluding carboxylic acids is 1. The van der Waals surface area contributed by atoms with Crippen molar-refractivity contribution in [2.24, 2.45) is 10.9 Å². The molecule has 6 nitrogen and oxygen atoms in total. The number of hydrogen-bond acceptors (Lipinski definition) is 4. The van der Waals surface area contributed by atoms with E-state index >= 15 is 0 Å². The maximum Gasteiger partial charge on any atom is 0.276 e. The molecule has 1 amide bonds. The molecule has 0 atom stereocenters. The number of aromatic nitrogens is 2. The zero-order chi connectivity index (χ0) is 19.6. The summed E-state index contributed by atoms with van der Waals surface area (Å²) in [6.45, 7) is 1.84. The predicted molar refractivity (Wildman–Crippen MR) is 129 cm³/mol. The molecule has 0 bridgehead atoms. The number of aliphatic imine (C=N–C) groups is 1. The molecule has 31 heavy (non-hydrogen) atoms. The molecule has 1 aromatic carbocycles. The number of rotatable bonds is 3. The van der Waals surface area contributed by atoms with Gasteiger partial charge in [0.15, 0.2) is 0 Å². The predicted octanol–water partition coefficient (Wildman–Crippen LogP) is 4.19. The van der Waals surface area contributed by atoms with Gasteiger partial charge in [-0.1, -0.05) is 30.3 Å². The fraction of sp³-hybridized carbons (Fsp3) is 0.261. The molecule has 0 spiro atoms. The van der Waals surface area contributed by atoms with Gasteiger partial charge < -0.3 is 9.88 Å². The van der Waals surface area contributed by atoms with Crippen molar-refractivity contribution in [1.82, 2.24) is 20.2 Å². The molecule has 2 aliphatic heterocycles. The summed E-state index contributed by atoms with van der Waals surface area (Å²) in [5.74, 6) is 1.21. The first-order valence-corrected chi connectivity index (χ1v) is 10.1. The largest absolute Gasteiger partial charge is 0.346 e. The molecule has 0 saturated carbocycles. The van der Waals surface area contributed by atoms with E-state index in [9.17, 15) is 4.79 Å². The lowest BCUT2D eigenvalue weighted by Crippen LogP contribution is -2.45. The zero-order valence-corrected chi connectivity index (χ0v) is 18.6. The first-order chi connectivity index (χ1) is 14.3. The summed E-state index contributed by atoms with van der Waals surface area (Å²) in [6.07, 6.45) is 8.77. The summed E-state index contributed by atoms with van der Waals surface area (Å²) < 4.78 is 0. The standard InChI is InChI=1S/C23H23N5O.2ClH/c29-22-20(14-18-15-25-21-19(18)7-4-10-24-21)26-23(27-22)28-11-8-17(9-12-28)13-16-5-2-1-3-6-16;;/h1-7,10,14-15,17H,8-9,11-13H2,(H,24,25)(H,26,27,29);2*1H/b20-14-;;. The van der Waals surface area contributed by atoms with E-state index in [4.69, 9.17) is 0 Å². The number of nitrogens with zero attached hydrogens (tertiary/aromatic N) is 3. The van der Waals surface area contributed by atoms with Crippen molar-refractivity contribution >= 4 is 53.8 Å². The highest BCUT2D eigenvalue weighted by atomic mass is 35.5. The Bertz CT molecular complexity index is 1100. The molecule has 8 heteroatoms. The van der Waals surface area contributed by atoms with Crippen LogP contribution >= 0.6 is 24.8 Å². The number of H-pyrrole nitrogens is 1. The van der Waals surface area contributed by atoms with Crippen molar-refractivity contribution in [1.29, 1.82) is 0 Å². The molecule has 2 aliphatic rings. The van der Waals surface area contributed by atoms with E-state index < -0.39 is 0 Å². The van der Waals surface area contributed by atoms with E-state index in [0.29, 0.717) is 17.6 Å². The molecular formula is C23H25Cl2N5O. The summed E-state index contributed by atoms with van der Waals surface area (Å²) in [7, 11) is 0. The lowest BCUT2D eigenvalue weighted by molar-refractivity contribution is -0.115. The number of pyridine rings is 1. The number of carbonyl (C=O) groups is 1. The first kappa shape index (κ1) is 22.8. The molecule has 2 aromatic heterocycles. The average Bonchev–Trinajstić information content (AvgIpc) is 3.33. The summed E-state index contributed by atoms with van der Waals surface area (Å²) >= 11 is 0. The Kier molecular flexibility index (Phi) is 7.36. The van der Waals surface area contributed by atoms with E-state index in [1.165, 1.54) is 5.56 Å². The van der Waals surface area contributed by atoms with Gasteiger partial charge in [0.05, 0.1) is 0 Å². The van der Waals surface area contributed by atoms with Gasteiger partial charge in [-0.3, -0.25) is 10.1 Å². The Morgan fingerprint density at radius 2 is 1.84 bits per heavy atom. The van der Waals surface area contributed by atoms with Crippen molar-refractivity contribution in [3.8, 4) is 0 Å². The molecule has 2 N–H and O–H groups in total. The van der Waals surface area contributed by atoms with Crippen molar-refractivity contribution < 1.29 is 4.79 Å². The third-order valence-corrected chi connectivity index (χ3v) is 5.74. The molecule has 4 heterocycles. The second kappa shape index (κ2) is 9.98. The Morgan fingerprint density at radius 1 is 1.06 bits per heavy atom. The van der Waals surface area contributed by atoms with Gasteiger partial charge in [-0.25, -0.2) is 9.98 Å². The number of nitrogens with one attached hydrogen (secondary N) is 2. The van der Waals surface area contributed by atoms with Gasteiger partial charge in [-0.05, 0) is 49.0 Å². The number of amides is 1. The van der Waals surface area contributed by atoms with E-state index in [2.05, 4.69) is 55.5 Å². The highest BCUT2D eigenvalue weighted by Gasteiger charge is 2.28. The zero-order valence-electron chi connectivity index (χ0n) is 17.0. The molecule has 1 saturated heterocycles. The Morgan fingerprint density at radius 3 is 2.61 bits per heavy atom. The van der Waals surface area contributed by atoms with Crippen LogP contribution < -0.4 is 5.32 Å². The number of aromatic amines is 1. The van der Waals surface area contributed by atoms with Crippen molar-refractivity contribution in [2.75, 3.05) is 13.1 Å². The molecular weight excluding hydrogens is 433 g/mol. The van der Waals surface area contributed by atoms with Gasteiger partial charge in [0.25, 0.3) is 5.91 Å². The quantitative estimate of drug-likeness (QED) is 0.579. The lowest BCUT2D eigenvalue weighted by Gasteiger charge is -2.32. The van der Waals surface area contributed by atoms with Gasteiger partial charge in [-0.15, -0.1) is 24.8 Å². The molecule has 3 aromatic rings. The van der Waals surface area contributed by atoms with Crippen LogP contribution in [0, 0.1) is 5.92 Å². The summed E-state index contributed by atoms with van der Waals surface area (Å²) in [4.78, 5) is 26.7. The number of piperidine rings is 1. The maximum atomic E-state index is 12.4. The highest BCUT2D eigenvalue weighted by Crippen LogP contribution is 2.24. The van der Waals surface area contributed by atoms with Gasteiger partial charge in [0.1, 0.15) is 11.3 Å². The van der Waals surface area contributed by atoms with Crippen LogP contribution in [0.4, 0.5) is 0 Å². The molecule has 1 fully saturated rings. The number of likely N-dealkylation sites (tertiary alicyclic amines) is 1. The van der Waals surface area contributed by atoms with Crippen LogP contribution in [0.1, 0.15) is 24.0 Å². The summed E-state index contributed by atoms with van der Waals surface area (Å²) in [5.41, 5.74) is 3.57. The fourth-order valence-corrected chi connectivity index (χ4v) is 4.15. The van der Waals surface area contributed by atoms with Crippen LogP contribution in [-0.4, -0.2) is 39.8 Å². The van der Waals surface area contributed by atoms with Crippen molar-refractivity contribution in [3.05, 3.63) is 71.7 Å². The van der Waals surface area contributed by atoms with E-state index in [0.717, 1.165) is 48.9 Å². The average molecular weight is 458 g/mol. The molecule has 0 unspecified atom stereocenters. The number of guanidine groups is 1. The van der Waals surface area contributed by atoms with E-state index in [1.807, 2.05) is 24.4 Å². The van der Waals surface area contributed by atoms with Crippen LogP contribution in [-0.2, 0) is 11.2 Å². The van der Waals surface area contributed by atoms with Gasteiger partial charge in [0, 0.05) is 36.4 Å². The third kappa shape index (κ3) is 4.92. The molecule has 5 rings (SSSR count). The van der Waals surface area contributed by atoms with E-state index in [1.54, 1.807) is 6.20 Å². The SMILES string of the molecule is Cl.Cl.O=C1NC(N2CCC(Cc3ccccc3)CC2)=N/C1=C\c1c[nH]c2ncccc12. The monoisotopic (exact) mass is 457 g/mol. The number of hydrogen-bond donors (Lipinski definition) is 2. The molecule has 0 radical (unpaired) electrons. The van der Waals surface area contributed by atoms with Crippen LogP contribution in [0.25, 0.3) is 17.1 Å². The van der Waals surface area contributed by atoms with Crippen LogP contribution in [0.3, 0.4) is 0 Å². The Hall–Kier alpha value is -2.83. The first-order valence-electron chi connectivity index (χ1n) is 10.1. The second-order valence-electron chi connectivity index (χ2n) is 7.68. The normalized spacial score (nSPS) is 17.8. The highest BCUT2D eigenvalue weighted by molar-refractivity contribution is 6.14. The number of halogens is 2. The van der Waals surface area contributed by atoms with E-state index in [-0.39, 0.29) is 30.7 Å². The van der Waals surface area contributed by atoms with Crippen LogP contribution in [0.5, 0.6) is 0 Å². The topological polar surface area (TPSA) is 73.4 Å². The third-order valence-electron chi connectivity index (χ3n) is 5.74. The van der Waals surface area contributed by atoms with Gasteiger partial charge in [0.2, 0.25) is 5.96 Å². The second-order valence-corrected chi connectivity index (χ2v) is 7.68. The summed E-state index contributed by atoms with van der Waals surface area (Å²) in [5, 5.41) is 3.93. The maximum absolute atomic E-state index is 12.4. The number of benzene rings is 1. The Labute approximate surface area is 193 Å². The molecule has 162 valence electrons. The lowest BCUT2D eigenvalue weighted by atomic mass is 9.90. The minimum atomic E-state index is -0.148. The number of fused-ring (bicyclic) bond motifs is 1. The van der Waals surface area contributed by atoms with Gasteiger partial charge >= 0.3 is 0 Å². The smallest absolute Gasteiger partial charge is 0.276 e. The Balaban J connectivity index is 0.00000136. The molecule has 0 aliphatic carbocycles. The minimum Gasteiger partial charge on any atom is -0.346 e. The summed E-state index contributed by atoms with van der Waals surface area (Å²) in [6, 6.07) is 14.5. The van der Waals surface area contributed by atoms with Crippen molar-refractivity contribution in [3.63, 3.8) is 0 Å². The van der Waals surface area contributed by atoms with Crippen LogP contribution in [0.15, 0.2) is 65.5 Å².